The number of alkyl halides is 3. The van der Waals surface area contributed by atoms with Crippen molar-refractivity contribution in [2.75, 3.05) is 0 Å². The Kier molecular flexibility index (Phi) is 3.05. The van der Waals surface area contributed by atoms with Gasteiger partial charge in [0.2, 0.25) is 0 Å². The van der Waals surface area contributed by atoms with E-state index in [9.17, 15) is 17.6 Å². The van der Waals surface area contributed by atoms with Crippen LogP contribution >= 0.6 is 11.3 Å². The molecule has 0 aliphatic heterocycles. The largest absolute Gasteiger partial charge is 0.414 e. The molecule has 0 amide bonds. The van der Waals surface area contributed by atoms with Crippen LogP contribution in [-0.2, 0) is 6.42 Å². The van der Waals surface area contributed by atoms with Crippen molar-refractivity contribution in [2.45, 2.75) is 18.7 Å². The number of aliphatic hydroxyl groups is 1. The van der Waals surface area contributed by atoms with Crippen LogP contribution in [0.25, 0.3) is 10.2 Å². The molecule has 7 heteroatoms. The van der Waals surface area contributed by atoms with Crippen molar-refractivity contribution in [1.82, 2.24) is 4.98 Å². The maximum absolute atomic E-state index is 12.8. The third-order valence-corrected chi connectivity index (χ3v) is 3.18. The standard InChI is InChI=1S/C10H7F4NOS/c11-5-1-2-6-7(3-5)17-9(15-6)4-8(16)10(12,13)14/h1-3,8,16H,4H2. The summed E-state index contributed by atoms with van der Waals surface area (Å²) in [4.78, 5) is 3.90. The van der Waals surface area contributed by atoms with Crippen LogP contribution in [0.1, 0.15) is 5.01 Å². The Morgan fingerprint density at radius 1 is 1.35 bits per heavy atom. The van der Waals surface area contributed by atoms with E-state index in [-0.39, 0.29) is 5.01 Å². The van der Waals surface area contributed by atoms with E-state index in [1.165, 1.54) is 18.2 Å². The van der Waals surface area contributed by atoms with Gasteiger partial charge in [0.25, 0.3) is 0 Å². The molecular formula is C10H7F4NOS. The summed E-state index contributed by atoms with van der Waals surface area (Å²) in [5, 5.41) is 9.02. The summed E-state index contributed by atoms with van der Waals surface area (Å²) in [6.07, 6.45) is -7.71. The summed E-state index contributed by atoms with van der Waals surface area (Å²) in [5.74, 6) is -0.468. The first-order chi connectivity index (χ1) is 7.86. The van der Waals surface area contributed by atoms with Crippen molar-refractivity contribution in [1.29, 1.82) is 0 Å². The van der Waals surface area contributed by atoms with Crippen LogP contribution < -0.4 is 0 Å². The molecule has 2 aromatic rings. The Morgan fingerprint density at radius 2 is 2.06 bits per heavy atom. The van der Waals surface area contributed by atoms with Crippen LogP contribution in [0.2, 0.25) is 0 Å². The van der Waals surface area contributed by atoms with Gasteiger partial charge < -0.3 is 5.11 Å². The maximum atomic E-state index is 12.8. The zero-order chi connectivity index (χ0) is 12.6. The highest BCUT2D eigenvalue weighted by molar-refractivity contribution is 7.18. The van der Waals surface area contributed by atoms with Gasteiger partial charge in [-0.15, -0.1) is 11.3 Å². The first-order valence-corrected chi connectivity index (χ1v) is 5.47. The van der Waals surface area contributed by atoms with Crippen LogP contribution in [0.15, 0.2) is 18.2 Å². The quantitative estimate of drug-likeness (QED) is 0.847. The van der Waals surface area contributed by atoms with E-state index in [4.69, 9.17) is 5.11 Å². The van der Waals surface area contributed by atoms with E-state index in [1.807, 2.05) is 0 Å². The Morgan fingerprint density at radius 3 is 2.71 bits per heavy atom. The number of thiazole rings is 1. The predicted molar refractivity (Wildman–Crippen MR) is 55.3 cm³/mol. The highest BCUT2D eigenvalue weighted by atomic mass is 32.1. The smallest absolute Gasteiger partial charge is 0.383 e. The summed E-state index contributed by atoms with van der Waals surface area (Å²) in [5.41, 5.74) is 0.431. The summed E-state index contributed by atoms with van der Waals surface area (Å²) < 4.78 is 49.7. The molecule has 1 atom stereocenters. The van der Waals surface area contributed by atoms with E-state index in [1.54, 1.807) is 0 Å². The maximum Gasteiger partial charge on any atom is 0.414 e. The zero-order valence-electron chi connectivity index (χ0n) is 8.33. The van der Waals surface area contributed by atoms with Crippen LogP contribution in [0.4, 0.5) is 17.6 Å². The summed E-state index contributed by atoms with van der Waals surface area (Å²) in [6.45, 7) is 0. The number of fused-ring (bicyclic) bond motifs is 1. The van der Waals surface area contributed by atoms with E-state index in [2.05, 4.69) is 4.98 Å². The number of aromatic nitrogens is 1. The van der Waals surface area contributed by atoms with Gasteiger partial charge in [-0.3, -0.25) is 0 Å². The summed E-state index contributed by atoms with van der Waals surface area (Å²) in [6, 6.07) is 3.78. The Hall–Kier alpha value is -1.21. The molecule has 2 nitrogen and oxygen atoms in total. The van der Waals surface area contributed by atoms with Gasteiger partial charge in [0.15, 0.2) is 6.10 Å². The van der Waals surface area contributed by atoms with E-state index in [0.29, 0.717) is 10.2 Å². The second-order valence-corrected chi connectivity index (χ2v) is 4.60. The lowest BCUT2D eigenvalue weighted by Gasteiger charge is -2.12. The molecule has 0 fully saturated rings. The minimum atomic E-state index is -4.66. The van der Waals surface area contributed by atoms with Crippen LogP contribution in [0.5, 0.6) is 0 Å². The number of hydrogen-bond donors (Lipinski definition) is 1. The monoisotopic (exact) mass is 265 g/mol. The first kappa shape index (κ1) is 12.3. The molecule has 0 bridgehead atoms. The van der Waals surface area contributed by atoms with Crippen molar-refractivity contribution >= 4 is 21.6 Å². The number of rotatable bonds is 2. The van der Waals surface area contributed by atoms with Gasteiger partial charge in [0.1, 0.15) is 5.82 Å². The predicted octanol–water partition coefficient (Wildman–Crippen LogP) is 2.90. The van der Waals surface area contributed by atoms with Gasteiger partial charge in [-0.05, 0) is 18.2 Å². The Labute approximate surface area is 97.5 Å². The molecule has 1 aromatic heterocycles. The summed E-state index contributed by atoms with van der Waals surface area (Å²) >= 11 is 0.945. The van der Waals surface area contributed by atoms with E-state index < -0.39 is 24.5 Å². The van der Waals surface area contributed by atoms with Crippen molar-refractivity contribution in [3.8, 4) is 0 Å². The van der Waals surface area contributed by atoms with Crippen molar-refractivity contribution in [3.05, 3.63) is 29.0 Å². The fourth-order valence-corrected chi connectivity index (χ4v) is 2.34. The first-order valence-electron chi connectivity index (χ1n) is 4.66. The zero-order valence-corrected chi connectivity index (χ0v) is 9.15. The molecule has 2 rings (SSSR count). The molecule has 0 aliphatic carbocycles. The molecule has 92 valence electrons. The molecule has 0 aliphatic rings. The van der Waals surface area contributed by atoms with Gasteiger partial charge in [-0.2, -0.15) is 13.2 Å². The minimum absolute atomic E-state index is 0.135. The number of benzene rings is 1. The molecule has 0 spiro atoms. The fourth-order valence-electron chi connectivity index (χ4n) is 1.31. The molecule has 1 N–H and O–H groups in total. The number of nitrogens with zero attached hydrogens (tertiary/aromatic N) is 1. The number of aliphatic hydroxyl groups excluding tert-OH is 1. The lowest BCUT2D eigenvalue weighted by molar-refractivity contribution is -0.203. The molecule has 0 radical (unpaired) electrons. The Balaban J connectivity index is 2.25. The number of halogens is 4. The van der Waals surface area contributed by atoms with E-state index >= 15 is 0 Å². The minimum Gasteiger partial charge on any atom is -0.383 e. The molecule has 17 heavy (non-hydrogen) atoms. The molecule has 1 unspecified atom stereocenters. The third kappa shape index (κ3) is 2.73. The lowest BCUT2D eigenvalue weighted by atomic mass is 10.2. The van der Waals surface area contributed by atoms with Crippen molar-refractivity contribution < 1.29 is 22.7 Å². The van der Waals surface area contributed by atoms with Crippen LogP contribution in [0.3, 0.4) is 0 Å². The SMILES string of the molecule is OC(Cc1nc2ccc(F)cc2s1)C(F)(F)F. The number of hydrogen-bond acceptors (Lipinski definition) is 3. The van der Waals surface area contributed by atoms with E-state index in [0.717, 1.165) is 11.3 Å². The molecule has 1 aromatic carbocycles. The lowest BCUT2D eigenvalue weighted by Crippen LogP contribution is -2.30. The van der Waals surface area contributed by atoms with Gasteiger partial charge in [-0.1, -0.05) is 0 Å². The molecule has 1 heterocycles. The highest BCUT2D eigenvalue weighted by Crippen LogP contribution is 2.27. The van der Waals surface area contributed by atoms with Crippen molar-refractivity contribution in [2.24, 2.45) is 0 Å². The average Bonchev–Trinajstić information content (AvgIpc) is 2.57. The fraction of sp³-hybridized carbons (Fsp3) is 0.300. The van der Waals surface area contributed by atoms with Gasteiger partial charge in [0, 0.05) is 6.42 Å². The molecule has 0 saturated carbocycles. The molecular weight excluding hydrogens is 258 g/mol. The second-order valence-electron chi connectivity index (χ2n) is 3.48. The van der Waals surface area contributed by atoms with Crippen molar-refractivity contribution in [3.63, 3.8) is 0 Å². The normalized spacial score (nSPS) is 14.2. The molecule has 0 saturated heterocycles. The Bertz CT molecular complexity index is 537. The topological polar surface area (TPSA) is 33.1 Å². The van der Waals surface area contributed by atoms with Crippen LogP contribution in [0, 0.1) is 5.82 Å². The van der Waals surface area contributed by atoms with Crippen LogP contribution in [-0.4, -0.2) is 22.4 Å². The highest BCUT2D eigenvalue weighted by Gasteiger charge is 2.38. The van der Waals surface area contributed by atoms with Gasteiger partial charge in [0.05, 0.1) is 15.2 Å². The summed E-state index contributed by atoms with van der Waals surface area (Å²) in [7, 11) is 0. The second kappa shape index (κ2) is 4.23. The van der Waals surface area contributed by atoms with Gasteiger partial charge >= 0.3 is 6.18 Å². The average molecular weight is 265 g/mol. The third-order valence-electron chi connectivity index (χ3n) is 2.14. The van der Waals surface area contributed by atoms with Gasteiger partial charge in [-0.25, -0.2) is 9.37 Å².